The Morgan fingerprint density at radius 3 is 1.87 bits per heavy atom. The van der Waals surface area contributed by atoms with Crippen LogP contribution in [0.15, 0.2) is 54.6 Å². The van der Waals surface area contributed by atoms with Gasteiger partial charge in [-0.1, -0.05) is 48.5 Å². The van der Waals surface area contributed by atoms with Crippen molar-refractivity contribution in [3.8, 4) is 0 Å². The molecule has 0 fully saturated rings. The molecule has 1 N–H and O–H groups in total. The lowest BCUT2D eigenvalue weighted by Crippen LogP contribution is -2.56. The van der Waals surface area contributed by atoms with Crippen LogP contribution < -0.4 is 4.72 Å². The van der Waals surface area contributed by atoms with Gasteiger partial charge in [-0.05, 0) is 23.6 Å². The summed E-state index contributed by atoms with van der Waals surface area (Å²) in [6.45, 7) is 0. The van der Waals surface area contributed by atoms with E-state index >= 15 is 0 Å². The van der Waals surface area contributed by atoms with Gasteiger partial charge in [0.05, 0.1) is 5.69 Å². The largest absolute Gasteiger partial charge is 0.453 e. The van der Waals surface area contributed by atoms with Crippen molar-refractivity contribution in [2.75, 3.05) is 4.72 Å². The van der Waals surface area contributed by atoms with Gasteiger partial charge in [-0.2, -0.15) is 43.5 Å². The topological polar surface area (TPSA) is 55.4 Å². The van der Waals surface area contributed by atoms with E-state index in [0.29, 0.717) is 5.56 Å². The van der Waals surface area contributed by atoms with E-state index in [9.17, 15) is 43.5 Å². The molecule has 0 aliphatic carbocycles. The molecule has 14 heteroatoms. The van der Waals surface area contributed by atoms with Gasteiger partial charge in [0.2, 0.25) is 0 Å². The first-order valence-corrected chi connectivity index (χ1v) is 10.6. The van der Waals surface area contributed by atoms with Crippen LogP contribution in [0.4, 0.5) is 40.8 Å². The van der Waals surface area contributed by atoms with Crippen molar-refractivity contribution in [1.82, 2.24) is 0 Å². The fraction of sp³-hybridized carbons (Fsp3) is 0.294. The number of halogens is 9. The van der Waals surface area contributed by atoms with Gasteiger partial charge in [0.25, 0.3) is 0 Å². The van der Waals surface area contributed by atoms with Crippen LogP contribution in [0.1, 0.15) is 11.1 Å². The van der Waals surface area contributed by atoms with Crippen molar-refractivity contribution in [1.29, 1.82) is 0 Å². The lowest BCUT2D eigenvalue weighted by molar-refractivity contribution is -0.438. The average molecular weight is 589 g/mol. The number of hydrogen-bond acceptors (Lipinski definition) is 3. The fourth-order valence-electron chi connectivity index (χ4n) is 2.23. The number of benzene rings is 2. The van der Waals surface area contributed by atoms with Gasteiger partial charge in [0.1, 0.15) is 0 Å². The van der Waals surface area contributed by atoms with E-state index < -0.39 is 37.1 Å². The van der Waals surface area contributed by atoms with Crippen LogP contribution in [0.25, 0.3) is 0 Å². The van der Waals surface area contributed by atoms with E-state index in [1.54, 1.807) is 30.3 Å². The van der Waals surface area contributed by atoms with Gasteiger partial charge in [-0.3, -0.25) is 4.72 Å². The monoisotopic (exact) mass is 589 g/mol. The average Bonchev–Trinajstić information content (AvgIpc) is 2.62. The maximum absolute atomic E-state index is 14.0. The smallest absolute Gasteiger partial charge is 0.278 e. The lowest BCUT2D eigenvalue weighted by atomic mass is 10.0. The molecule has 31 heavy (non-hydrogen) atoms. The molecule has 2 aromatic carbocycles. The van der Waals surface area contributed by atoms with E-state index in [2.05, 4.69) is 4.74 Å². The zero-order valence-electron chi connectivity index (χ0n) is 14.9. The number of ether oxygens (including phenoxy) is 1. The third-order valence-electron chi connectivity index (χ3n) is 3.76. The third-order valence-corrected chi connectivity index (χ3v) is 5.79. The van der Waals surface area contributed by atoms with E-state index in [1.807, 2.05) is 0 Å². The standard InChI is InChI=1S/C17H12F8INO3S/c18-14(19,26)15(20,21)30-16(22,23)17(24,25)31(28,29)27-13-9-5-4-8-12(13)10-11-6-2-1-3-7-11/h1-9,27H,10H2. The summed E-state index contributed by atoms with van der Waals surface area (Å²) in [5, 5.41) is -6.34. The molecule has 0 unspecified atom stereocenters. The second-order valence-corrected chi connectivity index (χ2v) is 9.15. The van der Waals surface area contributed by atoms with E-state index in [1.165, 1.54) is 22.9 Å². The van der Waals surface area contributed by atoms with Gasteiger partial charge in [0, 0.05) is 22.6 Å². The molecule has 0 saturated heterocycles. The van der Waals surface area contributed by atoms with Crippen molar-refractivity contribution in [3.05, 3.63) is 65.7 Å². The van der Waals surface area contributed by atoms with Crippen molar-refractivity contribution >= 4 is 38.3 Å². The predicted octanol–water partition coefficient (Wildman–Crippen LogP) is 5.84. The second kappa shape index (κ2) is 8.69. The predicted molar refractivity (Wildman–Crippen MR) is 103 cm³/mol. The van der Waals surface area contributed by atoms with Gasteiger partial charge in [0.15, 0.2) is 0 Å². The summed E-state index contributed by atoms with van der Waals surface area (Å²) in [7, 11) is -6.44. The van der Waals surface area contributed by atoms with Gasteiger partial charge in [-0.25, -0.2) is 4.74 Å². The summed E-state index contributed by atoms with van der Waals surface area (Å²) in [6.07, 6.45) is -12.6. The molecule has 0 aromatic heterocycles. The molecule has 2 rings (SSSR count). The van der Waals surface area contributed by atoms with E-state index in [4.69, 9.17) is 0 Å². The Balaban J connectivity index is 2.35. The number of hydrogen-bond donors (Lipinski definition) is 1. The van der Waals surface area contributed by atoms with Crippen LogP contribution in [0.5, 0.6) is 0 Å². The zero-order chi connectivity index (χ0) is 23.7. The normalized spacial score (nSPS) is 13.8. The van der Waals surface area contributed by atoms with Crippen molar-refractivity contribution in [2.24, 2.45) is 0 Å². The summed E-state index contributed by atoms with van der Waals surface area (Å²) in [6, 6.07) is 13.1. The minimum atomic E-state index is -6.51. The fourth-order valence-corrected chi connectivity index (χ4v) is 3.31. The van der Waals surface area contributed by atoms with Crippen molar-refractivity contribution < 1.29 is 48.3 Å². The highest BCUT2D eigenvalue weighted by atomic mass is 127. The van der Waals surface area contributed by atoms with Crippen LogP contribution in [-0.2, 0) is 21.2 Å². The molecule has 4 nitrogen and oxygen atoms in total. The van der Waals surface area contributed by atoms with E-state index in [-0.39, 0.29) is 34.6 Å². The first-order valence-electron chi connectivity index (χ1n) is 8.05. The molecule has 0 atom stereocenters. The van der Waals surface area contributed by atoms with Crippen LogP contribution in [-0.4, -0.2) is 29.8 Å². The SMILES string of the molecule is O=S(=O)(Nc1ccccc1Cc1ccccc1)C(F)(F)C(F)(F)OC(F)(F)C(F)(F)I. The molecule has 0 aliphatic heterocycles. The molecule has 0 heterocycles. The number of anilines is 1. The molecule has 0 amide bonds. The first-order chi connectivity index (χ1) is 14.0. The summed E-state index contributed by atoms with van der Waals surface area (Å²) in [5.41, 5.74) is 0.146. The maximum atomic E-state index is 14.0. The Bertz CT molecular complexity index is 1010. The van der Waals surface area contributed by atoms with Gasteiger partial charge in [-0.15, -0.1) is 0 Å². The minimum absolute atomic E-state index is 0.00285. The van der Waals surface area contributed by atoms with Crippen molar-refractivity contribution in [3.63, 3.8) is 0 Å². The minimum Gasteiger partial charge on any atom is -0.278 e. The molecule has 172 valence electrons. The summed E-state index contributed by atoms with van der Waals surface area (Å²) in [4.78, 5) is 0. The second-order valence-electron chi connectivity index (χ2n) is 6.08. The maximum Gasteiger partial charge on any atom is 0.453 e. The number of para-hydroxylation sites is 1. The highest BCUT2D eigenvalue weighted by Crippen LogP contribution is 2.49. The zero-order valence-corrected chi connectivity index (χ0v) is 17.9. The Morgan fingerprint density at radius 1 is 0.806 bits per heavy atom. The van der Waals surface area contributed by atoms with Crippen molar-refractivity contribution in [2.45, 2.75) is 27.8 Å². The molecule has 0 aliphatic rings. The van der Waals surface area contributed by atoms with E-state index in [0.717, 1.165) is 6.07 Å². The first kappa shape index (κ1) is 25.6. The molecule has 0 spiro atoms. The summed E-state index contributed by atoms with van der Waals surface area (Å²) >= 11 is -0.310. The molecular weight excluding hydrogens is 577 g/mol. The quantitative estimate of drug-likeness (QED) is 0.227. The number of sulfonamides is 1. The van der Waals surface area contributed by atoms with Crippen LogP contribution >= 0.6 is 22.6 Å². The number of alkyl halides is 9. The van der Waals surface area contributed by atoms with Gasteiger partial charge >= 0.3 is 31.4 Å². The van der Waals surface area contributed by atoms with Crippen LogP contribution in [0.3, 0.4) is 0 Å². The Morgan fingerprint density at radius 2 is 1.32 bits per heavy atom. The Labute approximate surface area is 184 Å². The van der Waals surface area contributed by atoms with Crippen LogP contribution in [0.2, 0.25) is 0 Å². The molecule has 0 bridgehead atoms. The Hall–Kier alpha value is -1.68. The molecule has 0 radical (unpaired) electrons. The number of rotatable bonds is 9. The highest BCUT2D eigenvalue weighted by molar-refractivity contribution is 14.1. The molecule has 2 aromatic rings. The molecule has 0 saturated carbocycles. The highest BCUT2D eigenvalue weighted by Gasteiger charge is 2.73. The molecular formula is C17H12F8INO3S. The summed E-state index contributed by atoms with van der Waals surface area (Å²) in [5.74, 6) is 0. The lowest BCUT2D eigenvalue weighted by Gasteiger charge is -2.30. The Kier molecular flexibility index (Phi) is 7.17. The van der Waals surface area contributed by atoms with Crippen LogP contribution in [0, 0.1) is 0 Å². The third kappa shape index (κ3) is 5.58. The summed E-state index contributed by atoms with van der Waals surface area (Å²) < 4.78 is 129. The van der Waals surface area contributed by atoms with Gasteiger partial charge < -0.3 is 0 Å². The number of nitrogens with one attached hydrogen (secondary N) is 1.